The number of rotatable bonds is 3. The van der Waals surface area contributed by atoms with Crippen LogP contribution in [0.25, 0.3) is 0 Å². The third-order valence-corrected chi connectivity index (χ3v) is 4.33. The third-order valence-electron chi connectivity index (χ3n) is 4.33. The van der Waals surface area contributed by atoms with E-state index in [1.54, 1.807) is 0 Å². The van der Waals surface area contributed by atoms with E-state index in [0.717, 1.165) is 31.6 Å². The fourth-order valence-electron chi connectivity index (χ4n) is 3.02. The molecule has 2 atom stereocenters. The molecule has 0 saturated carbocycles. The van der Waals surface area contributed by atoms with Gasteiger partial charge in [0.1, 0.15) is 0 Å². The van der Waals surface area contributed by atoms with Crippen molar-refractivity contribution in [3.05, 3.63) is 11.7 Å². The average molecular weight is 293 g/mol. The van der Waals surface area contributed by atoms with Gasteiger partial charge in [-0.2, -0.15) is 4.98 Å². The molecule has 116 valence electrons. The number of nitrogens with zero attached hydrogens (tertiary/aromatic N) is 3. The van der Waals surface area contributed by atoms with E-state index < -0.39 is 0 Å². The minimum atomic E-state index is 0.0419. The second-order valence-electron chi connectivity index (χ2n) is 6.33. The molecule has 6 heteroatoms. The summed E-state index contributed by atoms with van der Waals surface area (Å²) in [5, 5.41) is 4.10. The minimum absolute atomic E-state index is 0.0419. The van der Waals surface area contributed by atoms with Gasteiger partial charge in [0, 0.05) is 31.5 Å². The summed E-state index contributed by atoms with van der Waals surface area (Å²) in [4.78, 5) is 18.9. The van der Waals surface area contributed by atoms with Crippen LogP contribution >= 0.6 is 0 Å². The van der Waals surface area contributed by atoms with Crippen molar-refractivity contribution in [2.75, 3.05) is 26.3 Å². The molecule has 2 unspecified atom stereocenters. The monoisotopic (exact) mass is 293 g/mol. The van der Waals surface area contributed by atoms with Crippen LogP contribution in [0.3, 0.4) is 0 Å². The predicted octanol–water partition coefficient (Wildman–Crippen LogP) is 1.94. The molecule has 1 amide bonds. The van der Waals surface area contributed by atoms with Crippen molar-refractivity contribution in [2.45, 2.75) is 44.9 Å². The molecule has 2 saturated heterocycles. The van der Waals surface area contributed by atoms with E-state index in [1.165, 1.54) is 0 Å². The molecule has 3 heterocycles. The third kappa shape index (κ3) is 3.10. The van der Waals surface area contributed by atoms with E-state index in [2.05, 4.69) is 10.1 Å². The van der Waals surface area contributed by atoms with Gasteiger partial charge in [-0.05, 0) is 19.3 Å². The number of amides is 1. The van der Waals surface area contributed by atoms with Crippen LogP contribution in [0.5, 0.6) is 0 Å². The second-order valence-corrected chi connectivity index (χ2v) is 6.33. The summed E-state index contributed by atoms with van der Waals surface area (Å²) >= 11 is 0. The number of carbonyl (C=O) groups excluding carboxylic acids is 1. The Morgan fingerprint density at radius 3 is 2.90 bits per heavy atom. The zero-order chi connectivity index (χ0) is 14.8. The number of hydrogen-bond donors (Lipinski definition) is 0. The largest absolute Gasteiger partial charge is 0.381 e. The standard InChI is InChI=1S/C15H23N3O3/c1-10(2)14-16-13(17-21-14)11-4-3-6-18(8-11)15(19)12-5-7-20-9-12/h10-12H,3-9H2,1-2H3. The molecule has 2 aliphatic rings. The van der Waals surface area contributed by atoms with Gasteiger partial charge in [-0.25, -0.2) is 0 Å². The lowest BCUT2D eigenvalue weighted by atomic mass is 9.95. The Morgan fingerprint density at radius 2 is 2.24 bits per heavy atom. The lowest BCUT2D eigenvalue weighted by molar-refractivity contribution is -0.136. The van der Waals surface area contributed by atoms with Crippen LogP contribution in [0.2, 0.25) is 0 Å². The highest BCUT2D eigenvalue weighted by Gasteiger charge is 2.33. The summed E-state index contributed by atoms with van der Waals surface area (Å²) in [6.45, 7) is 6.88. The van der Waals surface area contributed by atoms with E-state index in [4.69, 9.17) is 9.26 Å². The normalized spacial score (nSPS) is 26.5. The SMILES string of the molecule is CC(C)c1nc(C2CCCN(C(=O)C3CCOC3)C2)no1. The number of ether oxygens (including phenoxy) is 1. The van der Waals surface area contributed by atoms with E-state index in [-0.39, 0.29) is 23.7 Å². The van der Waals surface area contributed by atoms with Gasteiger partial charge in [-0.3, -0.25) is 4.79 Å². The Kier molecular flexibility index (Phi) is 4.24. The molecular weight excluding hydrogens is 270 g/mol. The summed E-state index contributed by atoms with van der Waals surface area (Å²) in [6.07, 6.45) is 2.86. The molecule has 0 aliphatic carbocycles. The first-order chi connectivity index (χ1) is 10.1. The molecular formula is C15H23N3O3. The van der Waals surface area contributed by atoms with Crippen LogP contribution in [0.15, 0.2) is 4.52 Å². The number of carbonyl (C=O) groups is 1. The Labute approximate surface area is 124 Å². The summed E-state index contributed by atoms with van der Waals surface area (Å²) < 4.78 is 10.6. The Balaban J connectivity index is 1.65. The number of piperidine rings is 1. The van der Waals surface area contributed by atoms with E-state index >= 15 is 0 Å². The number of aromatic nitrogens is 2. The molecule has 0 N–H and O–H groups in total. The van der Waals surface area contributed by atoms with Crippen molar-refractivity contribution >= 4 is 5.91 Å². The molecule has 2 aliphatic heterocycles. The first kappa shape index (κ1) is 14.5. The highest BCUT2D eigenvalue weighted by molar-refractivity contribution is 5.79. The maximum absolute atomic E-state index is 12.5. The molecule has 3 rings (SSSR count). The first-order valence-corrected chi connectivity index (χ1v) is 7.85. The van der Waals surface area contributed by atoms with E-state index in [9.17, 15) is 4.79 Å². The van der Waals surface area contributed by atoms with Gasteiger partial charge in [0.05, 0.1) is 12.5 Å². The number of hydrogen-bond acceptors (Lipinski definition) is 5. The summed E-state index contributed by atoms with van der Waals surface area (Å²) in [5.41, 5.74) is 0. The number of likely N-dealkylation sites (tertiary alicyclic amines) is 1. The summed E-state index contributed by atoms with van der Waals surface area (Å²) in [6, 6.07) is 0. The molecule has 0 spiro atoms. The smallest absolute Gasteiger partial charge is 0.229 e. The molecule has 0 bridgehead atoms. The van der Waals surface area contributed by atoms with Crippen molar-refractivity contribution < 1.29 is 14.1 Å². The Hall–Kier alpha value is -1.43. The fraction of sp³-hybridized carbons (Fsp3) is 0.800. The molecule has 1 aromatic heterocycles. The molecule has 1 aromatic rings. The molecule has 2 fully saturated rings. The van der Waals surface area contributed by atoms with Gasteiger partial charge in [-0.1, -0.05) is 19.0 Å². The van der Waals surface area contributed by atoms with Gasteiger partial charge in [0.25, 0.3) is 0 Å². The van der Waals surface area contributed by atoms with Gasteiger partial charge in [0.2, 0.25) is 11.8 Å². The highest BCUT2D eigenvalue weighted by Crippen LogP contribution is 2.28. The molecule has 0 radical (unpaired) electrons. The predicted molar refractivity (Wildman–Crippen MR) is 75.9 cm³/mol. The maximum atomic E-state index is 12.5. The first-order valence-electron chi connectivity index (χ1n) is 7.85. The van der Waals surface area contributed by atoms with E-state index in [0.29, 0.717) is 25.6 Å². The Morgan fingerprint density at radius 1 is 1.38 bits per heavy atom. The van der Waals surface area contributed by atoms with Crippen molar-refractivity contribution in [2.24, 2.45) is 5.92 Å². The topological polar surface area (TPSA) is 68.5 Å². The fourth-order valence-corrected chi connectivity index (χ4v) is 3.02. The zero-order valence-corrected chi connectivity index (χ0v) is 12.7. The van der Waals surface area contributed by atoms with Crippen LogP contribution in [0.4, 0.5) is 0 Å². The molecule has 21 heavy (non-hydrogen) atoms. The highest BCUT2D eigenvalue weighted by atomic mass is 16.5. The van der Waals surface area contributed by atoms with Crippen LogP contribution in [-0.4, -0.2) is 47.3 Å². The minimum Gasteiger partial charge on any atom is -0.381 e. The van der Waals surface area contributed by atoms with E-state index in [1.807, 2.05) is 18.7 Å². The lowest BCUT2D eigenvalue weighted by Crippen LogP contribution is -2.42. The lowest BCUT2D eigenvalue weighted by Gasteiger charge is -2.32. The summed E-state index contributed by atoms with van der Waals surface area (Å²) in [7, 11) is 0. The van der Waals surface area contributed by atoms with Crippen LogP contribution < -0.4 is 0 Å². The van der Waals surface area contributed by atoms with Crippen LogP contribution in [0.1, 0.15) is 56.7 Å². The molecule has 6 nitrogen and oxygen atoms in total. The van der Waals surface area contributed by atoms with Crippen molar-refractivity contribution in [3.63, 3.8) is 0 Å². The van der Waals surface area contributed by atoms with Gasteiger partial charge in [-0.15, -0.1) is 0 Å². The van der Waals surface area contributed by atoms with Crippen molar-refractivity contribution in [1.82, 2.24) is 15.0 Å². The Bertz CT molecular complexity index is 494. The average Bonchev–Trinajstić information content (AvgIpc) is 3.18. The van der Waals surface area contributed by atoms with Crippen LogP contribution in [-0.2, 0) is 9.53 Å². The van der Waals surface area contributed by atoms with Gasteiger partial charge >= 0.3 is 0 Å². The van der Waals surface area contributed by atoms with Crippen molar-refractivity contribution in [3.8, 4) is 0 Å². The van der Waals surface area contributed by atoms with Crippen LogP contribution in [0, 0.1) is 5.92 Å². The van der Waals surface area contributed by atoms with Gasteiger partial charge in [0.15, 0.2) is 5.82 Å². The summed E-state index contributed by atoms with van der Waals surface area (Å²) in [5.74, 6) is 2.13. The zero-order valence-electron chi connectivity index (χ0n) is 12.7. The quantitative estimate of drug-likeness (QED) is 0.852. The maximum Gasteiger partial charge on any atom is 0.229 e. The van der Waals surface area contributed by atoms with Gasteiger partial charge < -0.3 is 14.2 Å². The second kappa shape index (κ2) is 6.13. The van der Waals surface area contributed by atoms with Crippen molar-refractivity contribution in [1.29, 1.82) is 0 Å². The molecule has 0 aromatic carbocycles.